The minimum atomic E-state index is -0.528. The Morgan fingerprint density at radius 1 is 0.281 bits per heavy atom. The summed E-state index contributed by atoms with van der Waals surface area (Å²) in [6.07, 6.45) is 2.81. The summed E-state index contributed by atoms with van der Waals surface area (Å²) in [6.45, 7) is 24.9. The van der Waals surface area contributed by atoms with Crippen LogP contribution in [0.3, 0.4) is 0 Å². The molecule has 1 aliphatic rings. The van der Waals surface area contributed by atoms with E-state index in [1.54, 1.807) is 19.6 Å². The van der Waals surface area contributed by atoms with Crippen LogP contribution in [0.5, 0.6) is 23.0 Å². The van der Waals surface area contributed by atoms with Crippen LogP contribution in [0.15, 0.2) is 48.5 Å². The van der Waals surface area contributed by atoms with Gasteiger partial charge in [0.2, 0.25) is 47.3 Å². The van der Waals surface area contributed by atoms with E-state index in [9.17, 15) is 38.4 Å². The molecule has 0 fully saturated rings. The molecule has 0 unspecified atom stereocenters. The van der Waals surface area contributed by atoms with Crippen LogP contribution in [0.1, 0.15) is 153 Å². The number of carbonyl (C=O) groups excluding carboxylic acids is 8. The van der Waals surface area contributed by atoms with E-state index in [1.807, 2.05) is 132 Å². The average molecular weight is 1340 g/mol. The summed E-state index contributed by atoms with van der Waals surface area (Å²) in [4.78, 5) is 114. The summed E-state index contributed by atoms with van der Waals surface area (Å²) in [5.41, 5.74) is 6.30. The molecular weight excluding hydrogens is 1230 g/mol. The highest BCUT2D eigenvalue weighted by Crippen LogP contribution is 2.43. The molecule has 528 valence electrons. The second-order valence-corrected chi connectivity index (χ2v) is 23.0. The number of carbonyl (C=O) groups is 8. The zero-order valence-electron chi connectivity index (χ0n) is 58.7. The number of anilines is 4. The molecule has 1 aliphatic carbocycles. The minimum Gasteiger partial charge on any atom is -0.493 e. The zero-order valence-corrected chi connectivity index (χ0v) is 58.7. The molecule has 4 aromatic carbocycles. The lowest BCUT2D eigenvalue weighted by Gasteiger charge is -2.25. The molecule has 0 spiro atoms. The molecule has 0 saturated carbocycles. The van der Waals surface area contributed by atoms with Crippen LogP contribution in [-0.4, -0.2) is 198 Å². The fourth-order valence-corrected chi connectivity index (χ4v) is 11.1. The third-order valence-corrected chi connectivity index (χ3v) is 15.7. The highest BCUT2D eigenvalue weighted by Gasteiger charge is 2.27. The van der Waals surface area contributed by atoms with Crippen molar-refractivity contribution in [3.05, 3.63) is 93.0 Å². The van der Waals surface area contributed by atoms with Crippen LogP contribution >= 0.6 is 0 Å². The Hall–Kier alpha value is -8.32. The van der Waals surface area contributed by atoms with Gasteiger partial charge in [-0.05, 0) is 130 Å². The maximum absolute atomic E-state index is 14.0. The Morgan fingerprint density at radius 3 is 0.594 bits per heavy atom. The first-order valence-electron chi connectivity index (χ1n) is 34.1. The first-order valence-corrected chi connectivity index (χ1v) is 34.1. The Kier molecular flexibility index (Phi) is 34.0. The monoisotopic (exact) mass is 1340 g/mol. The summed E-state index contributed by atoms with van der Waals surface area (Å²) in [5.74, 6) is -1.20. The number of amides is 8. The van der Waals surface area contributed by atoms with Gasteiger partial charge in [-0.2, -0.15) is 0 Å². The quantitative estimate of drug-likeness (QED) is 0.0285. The Balaban J connectivity index is 1.87. The van der Waals surface area contributed by atoms with Crippen LogP contribution < -0.4 is 40.2 Å². The first-order chi connectivity index (χ1) is 46.3. The van der Waals surface area contributed by atoms with Crippen molar-refractivity contribution in [3.63, 3.8) is 0 Å². The summed E-state index contributed by atoms with van der Waals surface area (Å²) >= 11 is 0. The number of fused-ring (bicyclic) bond motifs is 8. The van der Waals surface area contributed by atoms with E-state index in [0.29, 0.717) is 168 Å². The second kappa shape index (κ2) is 41.6. The fraction of sp³-hybridized carbons (Fsp3) is 0.556. The maximum Gasteiger partial charge on any atom is 0.250 e. The molecule has 4 N–H and O–H groups in total. The number of hydrogen-bond acceptors (Lipinski definition) is 16. The smallest absolute Gasteiger partial charge is 0.250 e. The first kappa shape index (κ1) is 78.4. The SMILES string of the molecule is CCCOc1c2cc(NC(=O)COCC(=O)N(CC)CC)cc1Cc1cc(NC(=O)COCC(=O)N(CC)CC)cc(c1OCCC)Cc1cc(NC(=O)COCC(=O)N(CC)CC)cc(c1OCCC)Cc1cc(NC(=O)COCC(=O)N(CC)CC)cc(c1OCCC)C2. The Labute approximate surface area is 567 Å². The molecular formula is C72H104N8O16. The topological polar surface area (TPSA) is 271 Å². The van der Waals surface area contributed by atoms with Gasteiger partial charge in [0.25, 0.3) is 0 Å². The van der Waals surface area contributed by atoms with Gasteiger partial charge in [-0.15, -0.1) is 0 Å². The van der Waals surface area contributed by atoms with Gasteiger partial charge in [0.1, 0.15) is 75.9 Å². The molecule has 8 amide bonds. The summed E-state index contributed by atoms with van der Waals surface area (Å²) in [7, 11) is 0. The molecule has 0 radical (unpaired) electrons. The van der Waals surface area contributed by atoms with Crippen LogP contribution in [0, 0.1) is 0 Å². The van der Waals surface area contributed by atoms with Crippen molar-refractivity contribution in [2.45, 2.75) is 134 Å². The summed E-state index contributed by atoms with van der Waals surface area (Å²) in [6, 6.07) is 14.5. The lowest BCUT2D eigenvalue weighted by Crippen LogP contribution is -2.34. The van der Waals surface area contributed by atoms with Crippen molar-refractivity contribution in [1.82, 2.24) is 19.6 Å². The standard InChI is InChI=1S/C72H104N8O16/c1-13-25-93-69-49-29-51-35-58(74-62(82)42-90-46-66(86)78(19-7)20-8)37-53(70(51)94-26-14-2)31-55-39-60(76-64(84)44-92-48-68(88)80(23-11)24-12)40-56(72(55)96-28-16-4)32-54-38-59(75-63(83)43-91-47-67(87)79(21-9)22-10)36-52(71(54)95-27-15-3)30-50(69)34-57(33-49)73-61(81)41-89-45-65(85)77(17-5)18-6/h33-40H,13-32,41-48H2,1-12H3,(H,73,81)(H,74,82)(H,75,83)(H,76,84). The molecule has 0 saturated heterocycles. The normalized spacial score (nSPS) is 11.6. The van der Waals surface area contributed by atoms with Crippen molar-refractivity contribution >= 4 is 70.0 Å². The number of rotatable bonds is 40. The minimum absolute atomic E-state index is 0.0872. The molecule has 0 aromatic heterocycles. The number of benzene rings is 4. The van der Waals surface area contributed by atoms with Gasteiger partial charge in [-0.25, -0.2) is 0 Å². The third kappa shape index (κ3) is 24.1. The predicted molar refractivity (Wildman–Crippen MR) is 370 cm³/mol. The molecule has 8 bridgehead atoms. The largest absolute Gasteiger partial charge is 0.493 e. The number of nitrogens with one attached hydrogen (secondary N) is 4. The van der Waals surface area contributed by atoms with Gasteiger partial charge in [-0.1, -0.05) is 27.7 Å². The molecule has 4 aromatic rings. The second-order valence-electron chi connectivity index (χ2n) is 23.0. The fourth-order valence-electron chi connectivity index (χ4n) is 11.1. The van der Waals surface area contributed by atoms with Crippen LogP contribution in [0.25, 0.3) is 0 Å². The highest BCUT2D eigenvalue weighted by atomic mass is 16.5. The van der Waals surface area contributed by atoms with Crippen molar-refractivity contribution in [1.29, 1.82) is 0 Å². The van der Waals surface area contributed by atoms with Crippen molar-refractivity contribution in [3.8, 4) is 23.0 Å². The lowest BCUT2D eigenvalue weighted by atomic mass is 9.90. The third-order valence-electron chi connectivity index (χ3n) is 15.7. The summed E-state index contributed by atoms with van der Waals surface area (Å²) in [5, 5.41) is 12.1. The lowest BCUT2D eigenvalue weighted by molar-refractivity contribution is -0.138. The molecule has 24 nitrogen and oxygen atoms in total. The van der Waals surface area contributed by atoms with Gasteiger partial charge >= 0.3 is 0 Å². The van der Waals surface area contributed by atoms with E-state index in [-0.39, 0.29) is 102 Å². The van der Waals surface area contributed by atoms with Gasteiger partial charge in [0.15, 0.2) is 0 Å². The highest BCUT2D eigenvalue weighted by molar-refractivity contribution is 5.95. The van der Waals surface area contributed by atoms with Gasteiger partial charge in [0, 0.05) is 145 Å². The van der Waals surface area contributed by atoms with Crippen molar-refractivity contribution < 1.29 is 76.3 Å². The molecule has 96 heavy (non-hydrogen) atoms. The molecule has 24 heteroatoms. The van der Waals surface area contributed by atoms with Crippen LogP contribution in [0.2, 0.25) is 0 Å². The van der Waals surface area contributed by atoms with Crippen molar-refractivity contribution in [2.24, 2.45) is 0 Å². The van der Waals surface area contributed by atoms with E-state index in [0.717, 1.165) is 0 Å². The van der Waals surface area contributed by atoms with E-state index < -0.39 is 50.1 Å². The van der Waals surface area contributed by atoms with E-state index in [1.165, 1.54) is 0 Å². The average Bonchev–Trinajstić information content (AvgIpc) is 0.790. The van der Waals surface area contributed by atoms with Gasteiger partial charge in [-0.3, -0.25) is 38.4 Å². The Bertz CT molecular complexity index is 2720. The summed E-state index contributed by atoms with van der Waals surface area (Å²) < 4.78 is 50.2. The molecule has 0 atom stereocenters. The maximum atomic E-state index is 14.0. The molecule has 0 heterocycles. The van der Waals surface area contributed by atoms with E-state index >= 15 is 0 Å². The number of hydrogen-bond donors (Lipinski definition) is 4. The Morgan fingerprint density at radius 2 is 0.448 bits per heavy atom. The zero-order chi connectivity index (χ0) is 70.1. The van der Waals surface area contributed by atoms with Gasteiger partial charge in [0.05, 0.1) is 26.4 Å². The number of nitrogens with zero attached hydrogens (tertiary/aromatic N) is 4. The molecule has 5 rings (SSSR count). The van der Waals surface area contributed by atoms with Gasteiger partial charge < -0.3 is 78.8 Å². The van der Waals surface area contributed by atoms with Crippen molar-refractivity contribution in [2.75, 3.05) is 153 Å². The predicted octanol–water partition coefficient (Wildman–Crippen LogP) is 8.81. The van der Waals surface area contributed by atoms with Crippen LogP contribution in [-0.2, 0) is 83.0 Å². The van der Waals surface area contributed by atoms with E-state index in [2.05, 4.69) is 21.3 Å². The van der Waals surface area contributed by atoms with Crippen LogP contribution in [0.4, 0.5) is 22.7 Å². The number of ether oxygens (including phenoxy) is 8. The van der Waals surface area contributed by atoms with E-state index in [4.69, 9.17) is 37.9 Å². The number of likely N-dealkylation sites (N-methyl/N-ethyl adjacent to an activating group) is 4. The molecule has 0 aliphatic heterocycles.